The van der Waals surface area contributed by atoms with Crippen molar-refractivity contribution in [3.05, 3.63) is 30.3 Å². The maximum Gasteiger partial charge on any atom is 0.165 e. The molecule has 1 atom stereocenters. The van der Waals surface area contributed by atoms with Crippen molar-refractivity contribution in [3.8, 4) is 5.75 Å². The van der Waals surface area contributed by atoms with Gasteiger partial charge in [-0.15, -0.1) is 0 Å². The first-order valence-electron chi connectivity index (χ1n) is 8.35. The molecule has 0 bridgehead atoms. The van der Waals surface area contributed by atoms with Crippen molar-refractivity contribution >= 4 is 0 Å². The normalized spacial score (nSPS) is 13.8. The molecule has 0 radical (unpaired) electrons. The molecule has 1 rings (SSSR count). The Hall–Kier alpha value is -1.10. The summed E-state index contributed by atoms with van der Waals surface area (Å²) in [6.45, 7) is 4.50. The van der Waals surface area contributed by atoms with Crippen molar-refractivity contribution in [2.24, 2.45) is 0 Å². The molecule has 0 heterocycles. The number of benzene rings is 1. The summed E-state index contributed by atoms with van der Waals surface area (Å²) in [6, 6.07) is 9.29. The first-order valence-corrected chi connectivity index (χ1v) is 8.35. The van der Waals surface area contributed by atoms with Crippen LogP contribution in [-0.4, -0.2) is 24.1 Å². The fourth-order valence-corrected chi connectivity index (χ4v) is 2.19. The van der Waals surface area contributed by atoms with E-state index >= 15 is 0 Å². The van der Waals surface area contributed by atoms with Gasteiger partial charge in [-0.25, -0.2) is 0 Å². The van der Waals surface area contributed by atoms with Gasteiger partial charge in [0.05, 0.1) is 6.61 Å². The number of hydrogen-bond donors (Lipinski definition) is 1. The van der Waals surface area contributed by atoms with E-state index in [9.17, 15) is 5.11 Å². The van der Waals surface area contributed by atoms with Crippen LogP contribution in [0, 0.1) is 0 Å². The monoisotopic (exact) mass is 310 g/mol. The molecule has 0 fully saturated rings. The molecule has 0 saturated carbocycles. The molecule has 126 valence electrons. The van der Waals surface area contributed by atoms with Gasteiger partial charge in [0.2, 0.25) is 0 Å². The predicted molar refractivity (Wildman–Crippen MR) is 87.6 cm³/mol. The molecular formula is C18H30O4. The molecule has 0 aliphatic heterocycles. The van der Waals surface area contributed by atoms with Crippen LogP contribution in [0.4, 0.5) is 0 Å². The van der Waals surface area contributed by atoms with Gasteiger partial charge in [0.25, 0.3) is 0 Å². The molecule has 22 heavy (non-hydrogen) atoms. The third-order valence-electron chi connectivity index (χ3n) is 3.47. The van der Waals surface area contributed by atoms with E-state index < -0.39 is 5.79 Å². The average molecular weight is 310 g/mol. The summed E-state index contributed by atoms with van der Waals surface area (Å²) in [5.41, 5.74) is 0. The van der Waals surface area contributed by atoms with E-state index in [1.807, 2.05) is 30.3 Å². The minimum atomic E-state index is -1.08. The van der Waals surface area contributed by atoms with Crippen molar-refractivity contribution < 1.29 is 19.6 Å². The lowest BCUT2D eigenvalue weighted by Gasteiger charge is -2.23. The van der Waals surface area contributed by atoms with Crippen LogP contribution in [0.15, 0.2) is 30.3 Å². The second-order valence-corrected chi connectivity index (χ2v) is 5.76. The maximum atomic E-state index is 10.1. The largest absolute Gasteiger partial charge is 0.366 e. The lowest BCUT2D eigenvalue weighted by Crippen LogP contribution is -2.29. The standard InChI is InChI=1S/C18H30O4/c1-3-4-5-6-7-11-14-18(2,19)20-15-16-21-22-17-12-9-8-10-13-17/h8-10,12-13,19H,3-7,11,14-16H2,1-2H3. The third-order valence-corrected chi connectivity index (χ3v) is 3.47. The van der Waals surface area contributed by atoms with Crippen LogP contribution in [0.2, 0.25) is 0 Å². The first kappa shape index (κ1) is 18.9. The number of ether oxygens (including phenoxy) is 1. The van der Waals surface area contributed by atoms with Gasteiger partial charge >= 0.3 is 0 Å². The second-order valence-electron chi connectivity index (χ2n) is 5.76. The Kier molecular flexibility index (Phi) is 9.87. The zero-order valence-corrected chi connectivity index (χ0v) is 13.9. The van der Waals surface area contributed by atoms with Crippen molar-refractivity contribution in [1.82, 2.24) is 0 Å². The quantitative estimate of drug-likeness (QED) is 0.253. The molecule has 1 aromatic rings. The first-order chi connectivity index (χ1) is 10.6. The average Bonchev–Trinajstić information content (AvgIpc) is 2.51. The zero-order chi connectivity index (χ0) is 16.1. The Morgan fingerprint density at radius 1 is 0.955 bits per heavy atom. The van der Waals surface area contributed by atoms with Gasteiger partial charge in [0.15, 0.2) is 11.5 Å². The fraction of sp³-hybridized carbons (Fsp3) is 0.667. The van der Waals surface area contributed by atoms with E-state index in [2.05, 4.69) is 6.92 Å². The van der Waals surface area contributed by atoms with Crippen LogP contribution in [0.25, 0.3) is 0 Å². The number of rotatable bonds is 13. The summed E-state index contributed by atoms with van der Waals surface area (Å²) >= 11 is 0. The Bertz CT molecular complexity index is 365. The lowest BCUT2D eigenvalue weighted by molar-refractivity contribution is -0.247. The fourth-order valence-electron chi connectivity index (χ4n) is 2.19. The molecule has 0 saturated heterocycles. The molecule has 0 aliphatic rings. The van der Waals surface area contributed by atoms with E-state index in [-0.39, 0.29) is 6.61 Å². The van der Waals surface area contributed by atoms with Crippen molar-refractivity contribution in [2.75, 3.05) is 13.2 Å². The van der Waals surface area contributed by atoms with Gasteiger partial charge < -0.3 is 14.7 Å². The van der Waals surface area contributed by atoms with Crippen LogP contribution in [0.1, 0.15) is 58.8 Å². The van der Waals surface area contributed by atoms with E-state index in [0.29, 0.717) is 18.8 Å². The maximum absolute atomic E-state index is 10.1. The molecular weight excluding hydrogens is 280 g/mol. The molecule has 4 nitrogen and oxygen atoms in total. The number of para-hydroxylation sites is 1. The van der Waals surface area contributed by atoms with Crippen LogP contribution in [0.3, 0.4) is 0 Å². The summed E-state index contributed by atoms with van der Waals surface area (Å²) in [7, 11) is 0. The number of aliphatic hydroxyl groups is 1. The zero-order valence-electron chi connectivity index (χ0n) is 13.9. The van der Waals surface area contributed by atoms with Gasteiger partial charge in [-0.3, -0.25) is 0 Å². The van der Waals surface area contributed by atoms with E-state index in [1.165, 1.54) is 25.7 Å². The van der Waals surface area contributed by atoms with Crippen LogP contribution >= 0.6 is 0 Å². The van der Waals surface area contributed by atoms with Gasteiger partial charge in [-0.05, 0) is 25.5 Å². The summed E-state index contributed by atoms with van der Waals surface area (Å²) in [4.78, 5) is 10.1. The molecule has 0 spiro atoms. The summed E-state index contributed by atoms with van der Waals surface area (Å²) in [5, 5.41) is 10.1. The smallest absolute Gasteiger partial charge is 0.165 e. The van der Waals surface area contributed by atoms with Crippen molar-refractivity contribution in [2.45, 2.75) is 64.6 Å². The Labute approximate surface area is 134 Å². The van der Waals surface area contributed by atoms with E-state index in [4.69, 9.17) is 14.5 Å². The van der Waals surface area contributed by atoms with Crippen molar-refractivity contribution in [1.29, 1.82) is 0 Å². The highest BCUT2D eigenvalue weighted by atomic mass is 17.2. The van der Waals surface area contributed by atoms with E-state index in [1.54, 1.807) is 6.92 Å². The molecule has 0 amide bonds. The SMILES string of the molecule is CCCCCCCCC(C)(O)OCCOOc1ccccc1. The van der Waals surface area contributed by atoms with Gasteiger partial charge in [-0.1, -0.05) is 57.2 Å². The highest BCUT2D eigenvalue weighted by Crippen LogP contribution is 2.17. The molecule has 0 aromatic heterocycles. The van der Waals surface area contributed by atoms with Crippen LogP contribution in [0.5, 0.6) is 5.75 Å². The highest BCUT2D eigenvalue weighted by Gasteiger charge is 2.19. The molecule has 1 unspecified atom stereocenters. The highest BCUT2D eigenvalue weighted by molar-refractivity contribution is 5.20. The Morgan fingerprint density at radius 3 is 2.36 bits per heavy atom. The molecule has 1 N–H and O–H groups in total. The summed E-state index contributed by atoms with van der Waals surface area (Å²) in [5.74, 6) is -0.428. The lowest BCUT2D eigenvalue weighted by atomic mass is 10.1. The molecule has 4 heteroatoms. The second kappa shape index (κ2) is 11.5. The van der Waals surface area contributed by atoms with Crippen LogP contribution < -0.4 is 4.89 Å². The van der Waals surface area contributed by atoms with Gasteiger partial charge in [0.1, 0.15) is 6.61 Å². The molecule has 0 aliphatic carbocycles. The Morgan fingerprint density at radius 2 is 1.64 bits per heavy atom. The van der Waals surface area contributed by atoms with E-state index in [0.717, 1.165) is 12.8 Å². The van der Waals surface area contributed by atoms with Gasteiger partial charge in [-0.2, -0.15) is 4.89 Å². The van der Waals surface area contributed by atoms with Crippen molar-refractivity contribution in [3.63, 3.8) is 0 Å². The van der Waals surface area contributed by atoms with Gasteiger partial charge in [0, 0.05) is 6.42 Å². The number of unbranched alkanes of at least 4 members (excludes halogenated alkanes) is 5. The summed E-state index contributed by atoms with van der Waals surface area (Å²) in [6.07, 6.45) is 7.85. The van der Waals surface area contributed by atoms with Crippen LogP contribution in [-0.2, 0) is 9.62 Å². The molecule has 1 aromatic carbocycles. The predicted octanol–water partition coefficient (Wildman–Crippen LogP) is 4.47. The minimum absolute atomic E-state index is 0.279. The third kappa shape index (κ3) is 9.77. The Balaban J connectivity index is 2.00. The number of hydrogen-bond acceptors (Lipinski definition) is 4. The summed E-state index contributed by atoms with van der Waals surface area (Å²) < 4.78 is 5.45. The minimum Gasteiger partial charge on any atom is -0.366 e. The topological polar surface area (TPSA) is 47.9 Å².